The van der Waals surface area contributed by atoms with E-state index < -0.39 is 5.41 Å². The van der Waals surface area contributed by atoms with Crippen molar-refractivity contribution in [3.8, 4) is 23.5 Å². The van der Waals surface area contributed by atoms with Crippen LogP contribution < -0.4 is 4.90 Å². The lowest BCUT2D eigenvalue weighted by atomic mass is 9.72. The summed E-state index contributed by atoms with van der Waals surface area (Å²) in [4.78, 5) is 7.05. The summed E-state index contributed by atoms with van der Waals surface area (Å²) in [5, 5.41) is 24.4. The van der Waals surface area contributed by atoms with Crippen molar-refractivity contribution in [2.75, 3.05) is 4.90 Å². The molecular weight excluding hydrogens is 637 g/mol. The van der Waals surface area contributed by atoms with E-state index in [1.54, 1.807) is 0 Å². The molecule has 0 aliphatic carbocycles. The zero-order chi connectivity index (χ0) is 35.1. The molecule has 9 aromatic rings. The van der Waals surface area contributed by atoms with Gasteiger partial charge in [-0.15, -0.1) is 0 Å². The van der Waals surface area contributed by atoms with E-state index in [0.717, 1.165) is 61.4 Å². The maximum atomic E-state index is 9.83. The van der Waals surface area contributed by atoms with Crippen molar-refractivity contribution in [2.24, 2.45) is 0 Å². The van der Waals surface area contributed by atoms with Crippen molar-refractivity contribution in [1.29, 1.82) is 10.5 Å². The summed E-state index contributed by atoms with van der Waals surface area (Å²) in [5.41, 5.74) is 12.2. The van der Waals surface area contributed by atoms with Gasteiger partial charge in [0.25, 0.3) is 0 Å². The summed E-state index contributed by atoms with van der Waals surface area (Å²) in [7, 11) is 0. The number of nitrogens with zero attached hydrogens (tertiary/aromatic N) is 6. The third-order valence-corrected chi connectivity index (χ3v) is 10.8. The molecule has 0 spiro atoms. The van der Waals surface area contributed by atoms with Crippen LogP contribution in [0.25, 0.3) is 55.0 Å². The first kappa shape index (κ1) is 29.7. The number of aromatic nitrogens is 3. The van der Waals surface area contributed by atoms with E-state index in [-0.39, 0.29) is 0 Å². The molecule has 6 nitrogen and oxygen atoms in total. The first-order valence-electron chi connectivity index (χ1n) is 17.3. The van der Waals surface area contributed by atoms with Crippen LogP contribution in [-0.2, 0) is 5.41 Å². The van der Waals surface area contributed by atoms with Gasteiger partial charge in [-0.3, -0.25) is 4.98 Å². The molecule has 0 N–H and O–H groups in total. The van der Waals surface area contributed by atoms with Gasteiger partial charge in [0, 0.05) is 32.6 Å². The molecule has 6 aromatic carbocycles. The number of pyridine rings is 1. The molecule has 0 amide bonds. The van der Waals surface area contributed by atoms with E-state index in [0.29, 0.717) is 11.1 Å². The van der Waals surface area contributed by atoms with Crippen LogP contribution in [0.3, 0.4) is 0 Å². The molecule has 6 heteroatoms. The second-order valence-electron chi connectivity index (χ2n) is 14.0. The lowest BCUT2D eigenvalue weighted by Gasteiger charge is -2.42. The Kier molecular flexibility index (Phi) is 6.25. The highest BCUT2D eigenvalue weighted by Crippen LogP contribution is 2.52. The fraction of sp³-hybridized carbons (Fsp3) is 0.0652. The number of benzene rings is 6. The molecule has 0 radical (unpaired) electrons. The highest BCUT2D eigenvalue weighted by Gasteiger charge is 2.37. The van der Waals surface area contributed by atoms with E-state index in [1.165, 1.54) is 21.8 Å². The molecule has 52 heavy (non-hydrogen) atoms. The molecule has 0 fully saturated rings. The Morgan fingerprint density at radius 3 is 1.52 bits per heavy atom. The van der Waals surface area contributed by atoms with Crippen LogP contribution in [0.5, 0.6) is 0 Å². The molecule has 0 unspecified atom stereocenters. The van der Waals surface area contributed by atoms with Crippen molar-refractivity contribution in [1.82, 2.24) is 14.1 Å². The van der Waals surface area contributed by atoms with Crippen molar-refractivity contribution in [2.45, 2.75) is 19.3 Å². The van der Waals surface area contributed by atoms with Crippen LogP contribution in [0, 0.1) is 22.7 Å². The van der Waals surface area contributed by atoms with Crippen LogP contribution >= 0.6 is 0 Å². The van der Waals surface area contributed by atoms with Gasteiger partial charge >= 0.3 is 0 Å². The maximum absolute atomic E-state index is 9.83. The Morgan fingerprint density at radius 2 is 0.962 bits per heavy atom. The normalized spacial score (nSPS) is 13.3. The average Bonchev–Trinajstić information content (AvgIpc) is 3.70. The summed E-state index contributed by atoms with van der Waals surface area (Å²) in [6.45, 7) is 4.31. The smallest absolute Gasteiger partial charge is 0.0991 e. The number of para-hydroxylation sites is 3. The van der Waals surface area contributed by atoms with Gasteiger partial charge in [0.15, 0.2) is 0 Å². The van der Waals surface area contributed by atoms with Crippen molar-refractivity contribution in [3.63, 3.8) is 0 Å². The van der Waals surface area contributed by atoms with Gasteiger partial charge in [-0.25, -0.2) is 0 Å². The molecule has 4 heterocycles. The van der Waals surface area contributed by atoms with Crippen molar-refractivity contribution >= 4 is 60.7 Å². The van der Waals surface area contributed by atoms with Gasteiger partial charge in [0.1, 0.15) is 0 Å². The highest BCUT2D eigenvalue weighted by atomic mass is 15.2. The largest absolute Gasteiger partial charge is 0.309 e. The molecule has 0 saturated heterocycles. The number of rotatable bonds is 3. The monoisotopic (exact) mass is 666 g/mol. The Balaban J connectivity index is 1.19. The molecule has 0 atom stereocenters. The molecular formula is C46H30N6. The zero-order valence-corrected chi connectivity index (χ0v) is 28.5. The quantitative estimate of drug-likeness (QED) is 0.188. The molecule has 1 aliphatic rings. The minimum atomic E-state index is -0.438. The number of anilines is 3. The SMILES string of the molecule is CC1(C)c2cc(C#N)ccc2N(c2cncc(-n3c4ccccc4c4cc(-n5c6ccccc6c6ccccc65)ccc43)c2)c2ccc(C#N)cc21. The molecule has 244 valence electrons. The summed E-state index contributed by atoms with van der Waals surface area (Å²) >= 11 is 0. The summed E-state index contributed by atoms with van der Waals surface area (Å²) in [6.07, 6.45) is 3.81. The summed E-state index contributed by atoms with van der Waals surface area (Å²) < 4.78 is 4.66. The third-order valence-electron chi connectivity index (χ3n) is 10.8. The lowest BCUT2D eigenvalue weighted by Crippen LogP contribution is -2.31. The standard InChI is InChI=1S/C46H30N6/c1-46(2)38-21-29(25-47)15-18-44(38)52(45-19-16-30(26-48)22-39(45)46)33-23-32(27-49-28-33)51-42-14-8-5-11-36(42)37-24-31(17-20-43(37)51)50-40-12-6-3-9-34(40)35-10-4-7-13-41(35)50/h3-24,27-28H,1-2H3. The average molecular weight is 667 g/mol. The van der Waals surface area contributed by atoms with Gasteiger partial charge in [-0.1, -0.05) is 68.4 Å². The number of hydrogen-bond donors (Lipinski definition) is 0. The van der Waals surface area contributed by atoms with E-state index in [9.17, 15) is 10.5 Å². The maximum Gasteiger partial charge on any atom is 0.0991 e. The Bertz CT molecular complexity index is 2920. The Morgan fingerprint density at radius 1 is 0.481 bits per heavy atom. The van der Waals surface area contributed by atoms with Crippen molar-refractivity contribution < 1.29 is 0 Å². The topological polar surface area (TPSA) is 73.6 Å². The zero-order valence-electron chi connectivity index (χ0n) is 28.5. The van der Waals surface area contributed by atoms with Crippen LogP contribution in [0.2, 0.25) is 0 Å². The predicted octanol–water partition coefficient (Wildman–Crippen LogP) is 11.1. The van der Waals surface area contributed by atoms with Gasteiger partial charge in [-0.05, 0) is 90.0 Å². The van der Waals surface area contributed by atoms with E-state index >= 15 is 0 Å². The third kappa shape index (κ3) is 4.13. The molecule has 10 rings (SSSR count). The summed E-state index contributed by atoms with van der Waals surface area (Å²) in [5.74, 6) is 0. The van der Waals surface area contributed by atoms with Gasteiger partial charge in [0.05, 0.1) is 80.5 Å². The van der Waals surface area contributed by atoms with Gasteiger partial charge < -0.3 is 14.0 Å². The van der Waals surface area contributed by atoms with E-state index in [4.69, 9.17) is 4.98 Å². The number of hydrogen-bond acceptors (Lipinski definition) is 4. The van der Waals surface area contributed by atoms with Crippen LogP contribution in [0.4, 0.5) is 17.1 Å². The molecule has 0 bridgehead atoms. The minimum Gasteiger partial charge on any atom is -0.309 e. The lowest BCUT2D eigenvalue weighted by molar-refractivity contribution is 0.631. The fourth-order valence-corrected chi connectivity index (χ4v) is 8.39. The van der Waals surface area contributed by atoms with Crippen molar-refractivity contribution in [3.05, 3.63) is 168 Å². The van der Waals surface area contributed by atoms with E-state index in [1.807, 2.05) is 48.8 Å². The predicted molar refractivity (Wildman–Crippen MR) is 209 cm³/mol. The molecule has 3 aromatic heterocycles. The number of nitriles is 2. The van der Waals surface area contributed by atoms with Crippen LogP contribution in [0.15, 0.2) is 146 Å². The number of fused-ring (bicyclic) bond motifs is 8. The van der Waals surface area contributed by atoms with E-state index in [2.05, 4.69) is 137 Å². The van der Waals surface area contributed by atoms with Gasteiger partial charge in [0.2, 0.25) is 0 Å². The highest BCUT2D eigenvalue weighted by molar-refractivity contribution is 6.12. The Labute approximate surface area is 300 Å². The minimum absolute atomic E-state index is 0.438. The van der Waals surface area contributed by atoms with Gasteiger partial charge in [-0.2, -0.15) is 10.5 Å². The fourth-order valence-electron chi connectivity index (χ4n) is 8.39. The second-order valence-corrected chi connectivity index (χ2v) is 14.0. The first-order chi connectivity index (χ1) is 25.5. The molecule has 0 saturated carbocycles. The Hall–Kier alpha value is -7.15. The summed E-state index contributed by atoms with van der Waals surface area (Å²) in [6, 6.07) is 51.1. The molecule has 1 aliphatic heterocycles. The first-order valence-corrected chi connectivity index (χ1v) is 17.3. The second kappa shape index (κ2) is 10.9. The van der Waals surface area contributed by atoms with Crippen LogP contribution in [-0.4, -0.2) is 14.1 Å². The van der Waals surface area contributed by atoms with Crippen LogP contribution in [0.1, 0.15) is 36.1 Å².